The highest BCUT2D eigenvalue weighted by atomic mass is 32.2. The van der Waals surface area contributed by atoms with Gasteiger partial charge in [-0.25, -0.2) is 13.3 Å². The first kappa shape index (κ1) is 36.2. The Morgan fingerprint density at radius 3 is 2.10 bits per heavy atom. The summed E-state index contributed by atoms with van der Waals surface area (Å²) >= 11 is -2.98. The summed E-state index contributed by atoms with van der Waals surface area (Å²) in [5.74, 6) is -0.560. The first-order valence-corrected chi connectivity index (χ1v) is 17.1. The van der Waals surface area contributed by atoms with Crippen LogP contribution in [0.3, 0.4) is 0 Å². The molecule has 0 fully saturated rings. The van der Waals surface area contributed by atoms with Crippen LogP contribution in [0.4, 0.5) is 21.9 Å². The minimum absolute atomic E-state index is 0.171. The van der Waals surface area contributed by atoms with E-state index in [0.29, 0.717) is 35.2 Å². The molecule has 0 saturated heterocycles. The van der Waals surface area contributed by atoms with Gasteiger partial charge in [0, 0.05) is 19.0 Å². The van der Waals surface area contributed by atoms with Gasteiger partial charge in [0.05, 0.1) is 10.6 Å². The molecule has 2 amide bonds. The van der Waals surface area contributed by atoms with E-state index in [2.05, 4.69) is 5.32 Å². The Morgan fingerprint density at radius 2 is 1.47 bits per heavy atom. The fraction of sp³-hybridized carbons (Fsp3) is 0.158. The van der Waals surface area contributed by atoms with E-state index in [1.54, 1.807) is 24.3 Å². The normalized spacial score (nSPS) is 11.9. The highest BCUT2D eigenvalue weighted by Gasteiger charge is 2.33. The number of nitro groups is 1. The molecule has 262 valence electrons. The first-order chi connectivity index (χ1) is 24.7. The van der Waals surface area contributed by atoms with E-state index in [0.717, 1.165) is 34.7 Å². The van der Waals surface area contributed by atoms with Gasteiger partial charge in [-0.05, 0) is 64.9 Å². The smallest absolute Gasteiger partial charge is 0.405 e. The number of nitrogens with two attached hydrogens (primary N) is 1. The molecule has 0 aromatic heterocycles. The molecule has 0 spiro atoms. The van der Waals surface area contributed by atoms with Gasteiger partial charge < -0.3 is 20.5 Å². The molecule has 0 aliphatic carbocycles. The molecule has 0 heterocycles. The number of anilines is 2. The number of hydrogen-bond donors (Lipinski definition) is 3. The van der Waals surface area contributed by atoms with E-state index >= 15 is 0 Å². The molecular formula is C38H36N4O8S. The zero-order valence-corrected chi connectivity index (χ0v) is 28.2. The van der Waals surface area contributed by atoms with Gasteiger partial charge in [-0.1, -0.05) is 97.1 Å². The molecule has 0 aliphatic rings. The second-order valence-electron chi connectivity index (χ2n) is 11.5. The zero-order valence-electron chi connectivity index (χ0n) is 27.4. The van der Waals surface area contributed by atoms with Crippen molar-refractivity contribution in [1.29, 1.82) is 0 Å². The van der Waals surface area contributed by atoms with E-state index in [4.69, 9.17) is 15.2 Å². The van der Waals surface area contributed by atoms with Crippen LogP contribution in [0.5, 0.6) is 5.75 Å². The number of ether oxygens (including phenoxy) is 2. The lowest BCUT2D eigenvalue weighted by molar-refractivity contribution is -0.383. The number of hydrogen-bond acceptors (Lipinski definition) is 8. The van der Waals surface area contributed by atoms with Crippen LogP contribution in [0.15, 0.2) is 127 Å². The molecule has 1 unspecified atom stereocenters. The summed E-state index contributed by atoms with van der Waals surface area (Å²) < 4.78 is 34.0. The average Bonchev–Trinajstić information content (AvgIpc) is 3.14. The first-order valence-electron chi connectivity index (χ1n) is 16.0. The van der Waals surface area contributed by atoms with Crippen LogP contribution in [0.25, 0.3) is 11.1 Å². The number of amides is 2. The third kappa shape index (κ3) is 10.2. The Morgan fingerprint density at radius 1 is 0.843 bits per heavy atom. The number of nitrogens with one attached hydrogen (secondary N) is 1. The number of nitrogens with zero attached hydrogens (tertiary/aromatic N) is 2. The van der Waals surface area contributed by atoms with E-state index in [1.165, 1.54) is 12.1 Å². The fourth-order valence-electron chi connectivity index (χ4n) is 5.38. The molecule has 2 atom stereocenters. The standard InChI is InChI=1S/C38H36N4O8S/c39-38(44)50-36(24-28-15-20-33(21-16-28)49-26-29-13-17-31(18-14-29)30-11-5-2-6-12-30)37(43)41(51(47)48)32-19-22-34(35(25-32)42(45)46)40-23-7-10-27-8-3-1-4-9-27/h1-6,8-9,11-22,25,36,40H,7,10,23-24,26H2,(H2,39,44)(H,47,48)/t36-/m0/s1. The maximum Gasteiger partial charge on any atom is 0.405 e. The van der Waals surface area contributed by atoms with Gasteiger partial charge in [0.2, 0.25) is 0 Å². The summed E-state index contributed by atoms with van der Waals surface area (Å²) in [7, 11) is 0. The van der Waals surface area contributed by atoms with Crippen molar-refractivity contribution in [1.82, 2.24) is 0 Å². The minimum Gasteiger partial charge on any atom is -0.489 e. The Balaban J connectivity index is 1.24. The Labute approximate surface area is 297 Å². The number of primary amides is 1. The summed E-state index contributed by atoms with van der Waals surface area (Å²) in [4.78, 5) is 36.7. The van der Waals surface area contributed by atoms with Crippen molar-refractivity contribution in [2.75, 3.05) is 16.2 Å². The minimum atomic E-state index is -2.98. The molecule has 51 heavy (non-hydrogen) atoms. The average molecular weight is 709 g/mol. The second kappa shape index (κ2) is 17.6. The van der Waals surface area contributed by atoms with Crippen LogP contribution in [0, 0.1) is 10.1 Å². The number of aryl methyl sites for hydroxylation is 1. The van der Waals surface area contributed by atoms with Crippen LogP contribution in [-0.2, 0) is 40.2 Å². The van der Waals surface area contributed by atoms with Crippen LogP contribution in [0.2, 0.25) is 0 Å². The van der Waals surface area contributed by atoms with Gasteiger partial charge in [0.15, 0.2) is 6.10 Å². The van der Waals surface area contributed by atoms with Gasteiger partial charge in [-0.15, -0.1) is 0 Å². The summed E-state index contributed by atoms with van der Waals surface area (Å²) in [5.41, 5.74) is 9.58. The molecule has 0 radical (unpaired) electrons. The molecule has 0 aliphatic heterocycles. The highest BCUT2D eigenvalue weighted by Crippen LogP contribution is 2.31. The van der Waals surface area contributed by atoms with E-state index in [-0.39, 0.29) is 17.8 Å². The third-order valence-corrected chi connectivity index (χ3v) is 8.62. The number of rotatable bonds is 16. The molecule has 5 aromatic carbocycles. The zero-order chi connectivity index (χ0) is 36.2. The van der Waals surface area contributed by atoms with Crippen LogP contribution in [0.1, 0.15) is 23.1 Å². The van der Waals surface area contributed by atoms with Gasteiger partial charge in [0.25, 0.3) is 22.9 Å². The molecule has 0 saturated carbocycles. The quantitative estimate of drug-likeness (QED) is 0.0419. The predicted molar refractivity (Wildman–Crippen MR) is 195 cm³/mol. The van der Waals surface area contributed by atoms with E-state index in [1.807, 2.05) is 84.9 Å². The lowest BCUT2D eigenvalue weighted by Crippen LogP contribution is -2.44. The van der Waals surface area contributed by atoms with Gasteiger partial charge in [0.1, 0.15) is 18.0 Å². The van der Waals surface area contributed by atoms with Crippen molar-refractivity contribution < 1.29 is 32.7 Å². The highest BCUT2D eigenvalue weighted by molar-refractivity contribution is 7.81. The van der Waals surface area contributed by atoms with Crippen LogP contribution < -0.4 is 20.1 Å². The largest absolute Gasteiger partial charge is 0.489 e. The van der Waals surface area contributed by atoms with E-state index in [9.17, 15) is 28.5 Å². The number of nitro benzene ring substituents is 1. The molecular weight excluding hydrogens is 673 g/mol. The molecule has 5 aromatic rings. The molecule has 4 N–H and O–H groups in total. The van der Waals surface area contributed by atoms with Crippen molar-refractivity contribution in [2.45, 2.75) is 32.0 Å². The van der Waals surface area contributed by atoms with Crippen molar-refractivity contribution in [3.05, 3.63) is 154 Å². The predicted octanol–water partition coefficient (Wildman–Crippen LogP) is 7.06. The fourth-order valence-corrected chi connectivity index (χ4v) is 5.94. The van der Waals surface area contributed by atoms with Gasteiger partial charge in [-0.2, -0.15) is 0 Å². The number of benzene rings is 5. The van der Waals surface area contributed by atoms with Gasteiger partial charge in [-0.3, -0.25) is 19.5 Å². The topological polar surface area (TPSA) is 174 Å². The van der Waals surface area contributed by atoms with Crippen LogP contribution >= 0.6 is 0 Å². The molecule has 5 rings (SSSR count). The summed E-state index contributed by atoms with van der Waals surface area (Å²) in [6, 6.07) is 38.1. The van der Waals surface area contributed by atoms with E-state index < -0.39 is 40.0 Å². The summed E-state index contributed by atoms with van der Waals surface area (Å²) in [6.07, 6.45) is -1.66. The van der Waals surface area contributed by atoms with Gasteiger partial charge >= 0.3 is 6.09 Å². The SMILES string of the molecule is NC(=O)O[C@@H](Cc1ccc(OCc2ccc(-c3ccccc3)cc2)cc1)C(=O)N(c1ccc(NCCCc2ccccc2)c([N+](=O)[O-])c1)S(=O)O. The lowest BCUT2D eigenvalue weighted by atomic mass is 10.0. The Kier molecular flexibility index (Phi) is 12.5. The van der Waals surface area contributed by atoms with Crippen molar-refractivity contribution in [3.8, 4) is 16.9 Å². The molecule has 0 bridgehead atoms. The molecule has 13 heteroatoms. The summed E-state index contributed by atoms with van der Waals surface area (Å²) in [6.45, 7) is 0.732. The lowest BCUT2D eigenvalue weighted by Gasteiger charge is -2.24. The Hall–Kier alpha value is -6.05. The van der Waals surface area contributed by atoms with Crippen LogP contribution in [-0.4, -0.2) is 38.3 Å². The van der Waals surface area contributed by atoms with Crippen molar-refractivity contribution >= 4 is 40.3 Å². The number of carbonyl (C=O) groups excluding carboxylic acids is 2. The molecule has 12 nitrogen and oxygen atoms in total. The Bertz CT molecular complexity index is 1960. The second-order valence-corrected chi connectivity index (χ2v) is 12.3. The maximum atomic E-state index is 13.6. The third-order valence-electron chi connectivity index (χ3n) is 7.91. The van der Waals surface area contributed by atoms with Crippen molar-refractivity contribution in [3.63, 3.8) is 0 Å². The monoisotopic (exact) mass is 708 g/mol. The van der Waals surface area contributed by atoms with Crippen molar-refractivity contribution in [2.24, 2.45) is 5.73 Å². The summed E-state index contributed by atoms with van der Waals surface area (Å²) in [5, 5.41) is 15.0. The maximum absolute atomic E-state index is 13.6. The number of carbonyl (C=O) groups is 2.